The zero-order valence-electron chi connectivity index (χ0n) is 13.7. The minimum atomic E-state index is -0.766. The maximum Gasteiger partial charge on any atom is 0.349 e. The Morgan fingerprint density at radius 1 is 1.08 bits per heavy atom. The van der Waals surface area contributed by atoms with Gasteiger partial charge in [0.2, 0.25) is 0 Å². The number of methoxy groups -OCH3 is 1. The van der Waals surface area contributed by atoms with Crippen molar-refractivity contribution in [3.63, 3.8) is 0 Å². The number of benzene rings is 2. The predicted octanol–water partition coefficient (Wildman–Crippen LogP) is 3.26. The SMILES string of the molecule is COc1cccc2cc(C(=O)Nc3cccc(C(C)=O)c3)c(=O)oc12. The van der Waals surface area contributed by atoms with Crippen LogP contribution in [0.1, 0.15) is 27.6 Å². The van der Waals surface area contributed by atoms with Crippen LogP contribution in [0, 0.1) is 0 Å². The second-order valence-electron chi connectivity index (χ2n) is 5.42. The Bertz CT molecular complexity index is 1040. The van der Waals surface area contributed by atoms with Crippen LogP contribution in [-0.4, -0.2) is 18.8 Å². The standard InChI is InChI=1S/C19H15NO5/c1-11(21)12-5-3-7-14(9-12)20-18(22)15-10-13-6-4-8-16(24-2)17(13)25-19(15)23/h3-10H,1-2H3,(H,20,22). The monoisotopic (exact) mass is 337 g/mol. The molecule has 0 atom stereocenters. The van der Waals surface area contributed by atoms with Gasteiger partial charge in [0, 0.05) is 16.6 Å². The Morgan fingerprint density at radius 3 is 2.56 bits per heavy atom. The number of hydrogen-bond donors (Lipinski definition) is 1. The van der Waals surface area contributed by atoms with Crippen molar-refractivity contribution in [2.75, 3.05) is 12.4 Å². The average molecular weight is 337 g/mol. The summed E-state index contributed by atoms with van der Waals surface area (Å²) in [4.78, 5) is 36.0. The van der Waals surface area contributed by atoms with E-state index in [1.165, 1.54) is 20.1 Å². The van der Waals surface area contributed by atoms with Crippen molar-refractivity contribution >= 4 is 28.3 Å². The first kappa shape index (κ1) is 16.4. The summed E-state index contributed by atoms with van der Waals surface area (Å²) in [5, 5.41) is 3.18. The first-order chi connectivity index (χ1) is 12.0. The van der Waals surface area contributed by atoms with E-state index in [4.69, 9.17) is 9.15 Å². The van der Waals surface area contributed by atoms with Crippen LogP contribution in [0.5, 0.6) is 5.75 Å². The van der Waals surface area contributed by atoms with Crippen molar-refractivity contribution in [2.45, 2.75) is 6.92 Å². The molecule has 0 unspecified atom stereocenters. The minimum Gasteiger partial charge on any atom is -0.493 e. The van der Waals surface area contributed by atoms with Crippen molar-refractivity contribution in [1.29, 1.82) is 0 Å². The van der Waals surface area contributed by atoms with Gasteiger partial charge < -0.3 is 14.5 Å². The van der Waals surface area contributed by atoms with Gasteiger partial charge in [0.05, 0.1) is 7.11 Å². The van der Waals surface area contributed by atoms with E-state index in [9.17, 15) is 14.4 Å². The number of carbonyl (C=O) groups excluding carboxylic acids is 2. The van der Waals surface area contributed by atoms with Gasteiger partial charge in [0.25, 0.3) is 5.91 Å². The third-order valence-corrected chi connectivity index (χ3v) is 3.72. The second kappa shape index (κ2) is 6.60. The van der Waals surface area contributed by atoms with Gasteiger partial charge in [0.15, 0.2) is 17.1 Å². The summed E-state index contributed by atoms with van der Waals surface area (Å²) in [7, 11) is 1.47. The van der Waals surface area contributed by atoms with E-state index in [0.717, 1.165) is 0 Å². The number of hydrogen-bond acceptors (Lipinski definition) is 5. The number of ketones is 1. The maximum atomic E-state index is 12.4. The smallest absolute Gasteiger partial charge is 0.349 e. The van der Waals surface area contributed by atoms with E-state index in [0.29, 0.717) is 22.4 Å². The molecule has 0 spiro atoms. The number of para-hydroxylation sites is 1. The van der Waals surface area contributed by atoms with Gasteiger partial charge in [-0.15, -0.1) is 0 Å². The molecule has 1 aromatic heterocycles. The largest absolute Gasteiger partial charge is 0.493 e. The molecule has 0 fully saturated rings. The molecule has 25 heavy (non-hydrogen) atoms. The van der Waals surface area contributed by atoms with E-state index in [-0.39, 0.29) is 16.9 Å². The highest BCUT2D eigenvalue weighted by atomic mass is 16.5. The van der Waals surface area contributed by atoms with Crippen LogP contribution in [0.2, 0.25) is 0 Å². The molecule has 0 aliphatic rings. The quantitative estimate of drug-likeness (QED) is 0.583. The molecule has 1 heterocycles. The molecule has 0 bridgehead atoms. The fourth-order valence-corrected chi connectivity index (χ4v) is 2.45. The van der Waals surface area contributed by atoms with Crippen LogP contribution in [0.4, 0.5) is 5.69 Å². The number of fused-ring (bicyclic) bond motifs is 1. The Labute approximate surface area is 143 Å². The normalized spacial score (nSPS) is 10.5. The van der Waals surface area contributed by atoms with Crippen LogP contribution in [-0.2, 0) is 0 Å². The zero-order valence-corrected chi connectivity index (χ0v) is 13.7. The number of anilines is 1. The van der Waals surface area contributed by atoms with Gasteiger partial charge in [0.1, 0.15) is 5.56 Å². The number of Topliss-reactive ketones (excluding diaryl/α,β-unsaturated/α-hetero) is 1. The summed E-state index contributed by atoms with van der Waals surface area (Å²) < 4.78 is 10.4. The number of carbonyl (C=O) groups is 2. The Kier molecular flexibility index (Phi) is 4.35. The first-order valence-corrected chi connectivity index (χ1v) is 7.53. The molecule has 6 nitrogen and oxygen atoms in total. The molecule has 126 valence electrons. The summed E-state index contributed by atoms with van der Waals surface area (Å²) >= 11 is 0. The number of ether oxygens (including phenoxy) is 1. The molecular formula is C19H15NO5. The molecule has 3 rings (SSSR count). The van der Waals surface area contributed by atoms with Gasteiger partial charge in [-0.3, -0.25) is 9.59 Å². The molecule has 0 saturated carbocycles. The zero-order chi connectivity index (χ0) is 18.0. The topological polar surface area (TPSA) is 85.6 Å². The second-order valence-corrected chi connectivity index (χ2v) is 5.42. The van der Waals surface area contributed by atoms with Crippen molar-refractivity contribution in [2.24, 2.45) is 0 Å². The van der Waals surface area contributed by atoms with Crippen LogP contribution < -0.4 is 15.7 Å². The van der Waals surface area contributed by atoms with Crippen molar-refractivity contribution in [3.8, 4) is 5.75 Å². The minimum absolute atomic E-state index is 0.117. The molecular weight excluding hydrogens is 322 g/mol. The van der Waals surface area contributed by atoms with Crippen LogP contribution >= 0.6 is 0 Å². The third-order valence-electron chi connectivity index (χ3n) is 3.72. The van der Waals surface area contributed by atoms with E-state index in [2.05, 4.69) is 5.32 Å². The third kappa shape index (κ3) is 3.28. The highest BCUT2D eigenvalue weighted by Gasteiger charge is 2.16. The van der Waals surface area contributed by atoms with Gasteiger partial charge in [-0.1, -0.05) is 24.3 Å². The fourth-order valence-electron chi connectivity index (χ4n) is 2.45. The van der Waals surface area contributed by atoms with Crippen LogP contribution in [0.15, 0.2) is 57.7 Å². The summed E-state index contributed by atoms with van der Waals surface area (Å²) in [5.74, 6) is -0.316. The lowest BCUT2D eigenvalue weighted by Crippen LogP contribution is -2.20. The first-order valence-electron chi connectivity index (χ1n) is 7.53. The lowest BCUT2D eigenvalue weighted by Gasteiger charge is -2.07. The van der Waals surface area contributed by atoms with Crippen molar-refractivity contribution < 1.29 is 18.7 Å². The van der Waals surface area contributed by atoms with Crippen LogP contribution in [0.25, 0.3) is 11.0 Å². The summed E-state index contributed by atoms with van der Waals surface area (Å²) in [6.07, 6.45) is 0. The lowest BCUT2D eigenvalue weighted by atomic mass is 10.1. The predicted molar refractivity (Wildman–Crippen MR) is 93.4 cm³/mol. The summed E-state index contributed by atoms with van der Waals surface area (Å²) in [6, 6.07) is 13.1. The number of nitrogens with one attached hydrogen (secondary N) is 1. The molecule has 0 saturated heterocycles. The van der Waals surface area contributed by atoms with Gasteiger partial charge in [-0.25, -0.2) is 4.79 Å². The van der Waals surface area contributed by atoms with E-state index in [1.807, 2.05) is 0 Å². The van der Waals surface area contributed by atoms with Crippen molar-refractivity contribution in [1.82, 2.24) is 0 Å². The Morgan fingerprint density at radius 2 is 1.84 bits per heavy atom. The van der Waals surface area contributed by atoms with E-state index in [1.54, 1.807) is 42.5 Å². The average Bonchev–Trinajstić information content (AvgIpc) is 2.60. The highest BCUT2D eigenvalue weighted by Crippen LogP contribution is 2.24. The molecule has 3 aromatic rings. The molecule has 0 aliphatic heterocycles. The molecule has 6 heteroatoms. The van der Waals surface area contributed by atoms with Gasteiger partial charge in [-0.2, -0.15) is 0 Å². The Balaban J connectivity index is 1.97. The Hall–Kier alpha value is -3.41. The molecule has 1 amide bonds. The molecule has 2 aromatic carbocycles. The number of amides is 1. The van der Waals surface area contributed by atoms with Gasteiger partial charge in [-0.05, 0) is 31.2 Å². The molecule has 1 N–H and O–H groups in total. The fraction of sp³-hybridized carbons (Fsp3) is 0.105. The number of rotatable bonds is 4. The highest BCUT2D eigenvalue weighted by molar-refractivity contribution is 6.06. The molecule has 0 aliphatic carbocycles. The van der Waals surface area contributed by atoms with E-state index < -0.39 is 11.5 Å². The van der Waals surface area contributed by atoms with Crippen LogP contribution in [0.3, 0.4) is 0 Å². The van der Waals surface area contributed by atoms with Crippen molar-refractivity contribution in [3.05, 3.63) is 70.1 Å². The van der Waals surface area contributed by atoms with E-state index >= 15 is 0 Å². The summed E-state index contributed by atoms with van der Waals surface area (Å²) in [5.41, 5.74) is 0.271. The summed E-state index contributed by atoms with van der Waals surface area (Å²) in [6.45, 7) is 1.44. The lowest BCUT2D eigenvalue weighted by molar-refractivity contribution is 0.100. The van der Waals surface area contributed by atoms with Gasteiger partial charge >= 0.3 is 5.63 Å². The maximum absolute atomic E-state index is 12.4. The molecule has 0 radical (unpaired) electrons.